The van der Waals surface area contributed by atoms with Crippen molar-refractivity contribution in [2.24, 2.45) is 0 Å². The largest absolute Gasteiger partial charge is 0.314 e. The summed E-state index contributed by atoms with van der Waals surface area (Å²) in [7, 11) is 1.91. The predicted molar refractivity (Wildman–Crippen MR) is 73.7 cm³/mol. The van der Waals surface area contributed by atoms with Gasteiger partial charge in [-0.25, -0.2) is 4.68 Å². The van der Waals surface area contributed by atoms with E-state index in [4.69, 9.17) is 0 Å². The minimum Gasteiger partial charge on any atom is -0.314 e. The minimum absolute atomic E-state index is 0.754. The molecule has 0 radical (unpaired) electrons. The van der Waals surface area contributed by atoms with Crippen LogP contribution in [0.5, 0.6) is 0 Å². The molecule has 0 aliphatic rings. The number of rotatable bonds is 4. The smallest absolute Gasteiger partial charge is 0.0964 e. The van der Waals surface area contributed by atoms with Gasteiger partial charge in [-0.05, 0) is 29.4 Å². The van der Waals surface area contributed by atoms with Gasteiger partial charge in [0, 0.05) is 11.2 Å². The molecule has 0 aliphatic carbocycles. The fourth-order valence-corrected chi connectivity index (χ4v) is 2.96. The van der Waals surface area contributed by atoms with E-state index in [1.807, 2.05) is 17.9 Å². The number of thiophene rings is 1. The SMILES string of the molecule is CNCc1cn(Cc2csc3ccccc23)nn1. The molecule has 0 bridgehead atoms. The molecule has 0 unspecified atom stereocenters. The molecule has 2 heterocycles. The maximum absolute atomic E-state index is 4.15. The van der Waals surface area contributed by atoms with Crippen molar-refractivity contribution in [2.75, 3.05) is 7.05 Å². The molecular formula is C13H14N4S. The summed E-state index contributed by atoms with van der Waals surface area (Å²) in [6.07, 6.45) is 1.99. The second-order valence-electron chi connectivity index (χ2n) is 4.19. The van der Waals surface area contributed by atoms with E-state index in [9.17, 15) is 0 Å². The van der Waals surface area contributed by atoms with Crippen LogP contribution in [0.2, 0.25) is 0 Å². The number of nitrogens with zero attached hydrogens (tertiary/aromatic N) is 3. The van der Waals surface area contributed by atoms with Crippen molar-refractivity contribution in [1.82, 2.24) is 20.3 Å². The molecule has 0 amide bonds. The maximum Gasteiger partial charge on any atom is 0.0964 e. The molecule has 0 atom stereocenters. The number of hydrogen-bond acceptors (Lipinski definition) is 4. The molecule has 3 aromatic rings. The minimum atomic E-state index is 0.754. The first-order chi connectivity index (χ1) is 8.86. The van der Waals surface area contributed by atoms with Crippen molar-refractivity contribution in [1.29, 1.82) is 0 Å². The highest BCUT2D eigenvalue weighted by Crippen LogP contribution is 2.25. The van der Waals surface area contributed by atoms with Crippen LogP contribution in [0.4, 0.5) is 0 Å². The molecule has 92 valence electrons. The van der Waals surface area contributed by atoms with Crippen LogP contribution in [-0.4, -0.2) is 22.0 Å². The highest BCUT2D eigenvalue weighted by molar-refractivity contribution is 7.17. The summed E-state index contributed by atoms with van der Waals surface area (Å²) >= 11 is 1.78. The Hall–Kier alpha value is -1.72. The van der Waals surface area contributed by atoms with Gasteiger partial charge in [-0.2, -0.15) is 0 Å². The van der Waals surface area contributed by atoms with Crippen molar-refractivity contribution < 1.29 is 0 Å². The molecule has 0 fully saturated rings. The summed E-state index contributed by atoms with van der Waals surface area (Å²) in [5.41, 5.74) is 2.27. The van der Waals surface area contributed by atoms with Gasteiger partial charge >= 0.3 is 0 Å². The maximum atomic E-state index is 4.15. The van der Waals surface area contributed by atoms with Crippen LogP contribution < -0.4 is 5.32 Å². The molecule has 2 aromatic heterocycles. The lowest BCUT2D eigenvalue weighted by molar-refractivity contribution is 0.652. The Bertz CT molecular complexity index is 656. The lowest BCUT2D eigenvalue weighted by Crippen LogP contribution is -2.05. The Morgan fingerprint density at radius 3 is 3.11 bits per heavy atom. The molecule has 5 heteroatoms. The zero-order valence-corrected chi connectivity index (χ0v) is 10.9. The van der Waals surface area contributed by atoms with E-state index in [-0.39, 0.29) is 0 Å². The Labute approximate surface area is 109 Å². The first-order valence-corrected chi connectivity index (χ1v) is 6.73. The van der Waals surface area contributed by atoms with E-state index in [2.05, 4.69) is 45.3 Å². The first-order valence-electron chi connectivity index (χ1n) is 5.85. The van der Waals surface area contributed by atoms with Gasteiger partial charge in [0.2, 0.25) is 0 Å². The van der Waals surface area contributed by atoms with Crippen LogP contribution in [0, 0.1) is 0 Å². The van der Waals surface area contributed by atoms with E-state index >= 15 is 0 Å². The number of aromatic nitrogens is 3. The van der Waals surface area contributed by atoms with Crippen LogP contribution in [0.25, 0.3) is 10.1 Å². The van der Waals surface area contributed by atoms with Crippen LogP contribution in [0.3, 0.4) is 0 Å². The van der Waals surface area contributed by atoms with E-state index in [1.165, 1.54) is 15.6 Å². The zero-order chi connectivity index (χ0) is 12.4. The average Bonchev–Trinajstić information content (AvgIpc) is 2.99. The van der Waals surface area contributed by atoms with E-state index in [0.29, 0.717) is 0 Å². The number of benzene rings is 1. The average molecular weight is 258 g/mol. The fraction of sp³-hybridized carbons (Fsp3) is 0.231. The van der Waals surface area contributed by atoms with Gasteiger partial charge in [0.25, 0.3) is 0 Å². The van der Waals surface area contributed by atoms with Crippen LogP contribution in [-0.2, 0) is 13.1 Å². The zero-order valence-electron chi connectivity index (χ0n) is 10.1. The van der Waals surface area contributed by atoms with Gasteiger partial charge in [-0.15, -0.1) is 16.4 Å². The summed E-state index contributed by atoms with van der Waals surface area (Å²) in [5, 5.41) is 14.9. The molecule has 0 spiro atoms. The molecular weight excluding hydrogens is 244 g/mol. The third-order valence-electron chi connectivity index (χ3n) is 2.84. The van der Waals surface area contributed by atoms with Crippen molar-refractivity contribution in [3.8, 4) is 0 Å². The lowest BCUT2D eigenvalue weighted by Gasteiger charge is -1.98. The molecule has 0 aliphatic heterocycles. The molecule has 3 rings (SSSR count). The molecule has 1 N–H and O–H groups in total. The standard InChI is InChI=1S/C13H14N4S/c1-14-6-11-8-17(16-15-11)7-10-9-18-13-5-3-2-4-12(10)13/h2-5,8-9,14H,6-7H2,1H3. The predicted octanol–water partition coefficient (Wildman–Crippen LogP) is 2.26. The number of hydrogen-bond donors (Lipinski definition) is 1. The van der Waals surface area contributed by atoms with Gasteiger partial charge in [0.1, 0.15) is 0 Å². The third-order valence-corrected chi connectivity index (χ3v) is 3.85. The van der Waals surface area contributed by atoms with Gasteiger partial charge in [0.15, 0.2) is 0 Å². The van der Waals surface area contributed by atoms with E-state index in [0.717, 1.165) is 18.8 Å². The van der Waals surface area contributed by atoms with Gasteiger partial charge in [-0.1, -0.05) is 23.4 Å². The summed E-state index contributed by atoms with van der Waals surface area (Å²) in [5.74, 6) is 0. The Morgan fingerprint density at radius 1 is 1.33 bits per heavy atom. The van der Waals surface area contributed by atoms with Crippen molar-refractivity contribution in [3.63, 3.8) is 0 Å². The monoisotopic (exact) mass is 258 g/mol. The van der Waals surface area contributed by atoms with Crippen LogP contribution >= 0.6 is 11.3 Å². The number of nitrogens with one attached hydrogen (secondary N) is 1. The van der Waals surface area contributed by atoms with Crippen molar-refractivity contribution in [2.45, 2.75) is 13.1 Å². The summed E-state index contributed by atoms with van der Waals surface area (Å²) in [6, 6.07) is 8.46. The highest BCUT2D eigenvalue weighted by atomic mass is 32.1. The van der Waals surface area contributed by atoms with Crippen molar-refractivity contribution in [3.05, 3.63) is 47.1 Å². The van der Waals surface area contributed by atoms with Gasteiger partial charge in [-0.3, -0.25) is 0 Å². The van der Waals surface area contributed by atoms with Gasteiger partial charge in [0.05, 0.1) is 18.4 Å². The molecule has 18 heavy (non-hydrogen) atoms. The van der Waals surface area contributed by atoms with E-state index in [1.54, 1.807) is 11.3 Å². The lowest BCUT2D eigenvalue weighted by atomic mass is 10.2. The summed E-state index contributed by atoms with van der Waals surface area (Å²) < 4.78 is 3.21. The second kappa shape index (κ2) is 4.88. The van der Waals surface area contributed by atoms with E-state index < -0.39 is 0 Å². The molecule has 1 aromatic carbocycles. The van der Waals surface area contributed by atoms with Gasteiger partial charge < -0.3 is 5.32 Å². The third kappa shape index (κ3) is 2.14. The Balaban J connectivity index is 1.87. The van der Waals surface area contributed by atoms with Crippen molar-refractivity contribution >= 4 is 21.4 Å². The molecule has 0 saturated carbocycles. The van der Waals surface area contributed by atoms with Crippen LogP contribution in [0.15, 0.2) is 35.8 Å². The Morgan fingerprint density at radius 2 is 2.22 bits per heavy atom. The summed E-state index contributed by atoms with van der Waals surface area (Å²) in [6.45, 7) is 1.53. The van der Waals surface area contributed by atoms with Crippen LogP contribution in [0.1, 0.15) is 11.3 Å². The molecule has 4 nitrogen and oxygen atoms in total. The normalized spacial score (nSPS) is 11.2. The highest BCUT2D eigenvalue weighted by Gasteiger charge is 2.05. The fourth-order valence-electron chi connectivity index (χ4n) is 2.01. The first kappa shape index (κ1) is 11.4. The second-order valence-corrected chi connectivity index (χ2v) is 5.11. The quantitative estimate of drug-likeness (QED) is 0.780. The molecule has 0 saturated heterocycles. The number of fused-ring (bicyclic) bond motifs is 1. The Kier molecular flexibility index (Phi) is 3.08. The topological polar surface area (TPSA) is 42.7 Å². The summed E-state index contributed by atoms with van der Waals surface area (Å²) in [4.78, 5) is 0.